The first-order chi connectivity index (χ1) is 14.0. The van der Waals surface area contributed by atoms with E-state index in [9.17, 15) is 14.7 Å². The van der Waals surface area contributed by atoms with Gasteiger partial charge in [-0.2, -0.15) is 0 Å². The van der Waals surface area contributed by atoms with Crippen molar-refractivity contribution < 1.29 is 23.8 Å². The lowest BCUT2D eigenvalue weighted by molar-refractivity contribution is 0.104. The van der Waals surface area contributed by atoms with Crippen LogP contribution in [-0.4, -0.2) is 17.5 Å². The molecule has 2 aromatic heterocycles. The highest BCUT2D eigenvalue weighted by Gasteiger charge is 2.16. The number of ketones is 1. The van der Waals surface area contributed by atoms with Crippen LogP contribution in [0.2, 0.25) is 0 Å². The number of ether oxygens (including phenoxy) is 2. The van der Waals surface area contributed by atoms with Crippen LogP contribution in [0.1, 0.15) is 33.5 Å². The van der Waals surface area contributed by atoms with Crippen molar-refractivity contribution in [2.24, 2.45) is 0 Å². The molecule has 0 spiro atoms. The van der Waals surface area contributed by atoms with Gasteiger partial charge in [0.15, 0.2) is 17.3 Å². The largest absolute Gasteiger partial charge is 0.507 e. The standard InChI is InChI=1S/C22H20O6S/c1-3-26-20-12-15(7-9-19(20)27-13-16-5-4-10-29-16)6-8-17(23)21-18(24)11-14(2)28-22(21)25/h4-12,24H,3,13H2,1-2H3/b8-6+. The molecule has 7 heteroatoms. The summed E-state index contributed by atoms with van der Waals surface area (Å²) >= 11 is 1.61. The molecule has 6 nitrogen and oxygen atoms in total. The van der Waals surface area contributed by atoms with Crippen molar-refractivity contribution in [2.75, 3.05) is 6.61 Å². The topological polar surface area (TPSA) is 86.0 Å². The molecule has 0 aliphatic carbocycles. The van der Waals surface area contributed by atoms with E-state index < -0.39 is 22.7 Å². The van der Waals surface area contributed by atoms with E-state index in [2.05, 4.69) is 0 Å². The van der Waals surface area contributed by atoms with E-state index in [0.29, 0.717) is 30.3 Å². The zero-order valence-electron chi connectivity index (χ0n) is 16.0. The summed E-state index contributed by atoms with van der Waals surface area (Å²) in [6.07, 6.45) is 2.74. The van der Waals surface area contributed by atoms with Gasteiger partial charge in [0.1, 0.15) is 23.7 Å². The van der Waals surface area contributed by atoms with Crippen LogP contribution >= 0.6 is 11.3 Å². The number of hydrogen-bond donors (Lipinski definition) is 1. The molecule has 3 rings (SSSR count). The Morgan fingerprint density at radius 2 is 2.03 bits per heavy atom. The first-order valence-corrected chi connectivity index (χ1v) is 9.84. The molecule has 0 radical (unpaired) electrons. The number of thiophene rings is 1. The van der Waals surface area contributed by atoms with Crippen LogP contribution in [0, 0.1) is 6.92 Å². The molecular formula is C22H20O6S. The minimum absolute atomic E-state index is 0.229. The van der Waals surface area contributed by atoms with E-state index in [1.165, 1.54) is 25.1 Å². The fourth-order valence-corrected chi connectivity index (χ4v) is 3.25. The monoisotopic (exact) mass is 412 g/mol. The van der Waals surface area contributed by atoms with Gasteiger partial charge in [0.25, 0.3) is 0 Å². The number of rotatable bonds is 8. The molecule has 29 heavy (non-hydrogen) atoms. The van der Waals surface area contributed by atoms with Crippen LogP contribution in [0.25, 0.3) is 6.08 Å². The van der Waals surface area contributed by atoms with Gasteiger partial charge in [-0.1, -0.05) is 18.2 Å². The fourth-order valence-electron chi connectivity index (χ4n) is 2.64. The maximum atomic E-state index is 12.3. The molecule has 0 atom stereocenters. The van der Waals surface area contributed by atoms with Gasteiger partial charge in [-0.15, -0.1) is 11.3 Å². The van der Waals surface area contributed by atoms with E-state index in [-0.39, 0.29) is 5.76 Å². The zero-order valence-corrected chi connectivity index (χ0v) is 16.8. The highest BCUT2D eigenvalue weighted by Crippen LogP contribution is 2.30. The Kier molecular flexibility index (Phi) is 6.51. The molecule has 0 fully saturated rings. The first-order valence-electron chi connectivity index (χ1n) is 8.96. The second kappa shape index (κ2) is 9.25. The van der Waals surface area contributed by atoms with Gasteiger partial charge in [-0.25, -0.2) is 4.79 Å². The first kappa shape index (κ1) is 20.4. The number of carbonyl (C=O) groups excluding carboxylic acids is 1. The minimum Gasteiger partial charge on any atom is -0.507 e. The van der Waals surface area contributed by atoms with Crippen LogP contribution in [0.15, 0.2) is 57.1 Å². The molecule has 0 bridgehead atoms. The van der Waals surface area contributed by atoms with Crippen LogP contribution in [0.5, 0.6) is 17.2 Å². The van der Waals surface area contributed by atoms with Gasteiger partial charge >= 0.3 is 5.63 Å². The van der Waals surface area contributed by atoms with Crippen molar-refractivity contribution >= 4 is 23.2 Å². The summed E-state index contributed by atoms with van der Waals surface area (Å²) in [6.45, 7) is 4.28. The van der Waals surface area contributed by atoms with Crippen molar-refractivity contribution in [2.45, 2.75) is 20.5 Å². The summed E-state index contributed by atoms with van der Waals surface area (Å²) in [6, 6.07) is 10.5. The van der Waals surface area contributed by atoms with Crippen LogP contribution in [-0.2, 0) is 6.61 Å². The third-order valence-electron chi connectivity index (χ3n) is 3.95. The van der Waals surface area contributed by atoms with Crippen LogP contribution < -0.4 is 15.1 Å². The van der Waals surface area contributed by atoms with Gasteiger partial charge in [-0.3, -0.25) is 4.79 Å². The molecule has 0 amide bonds. The molecule has 2 heterocycles. The molecule has 3 aromatic rings. The number of aromatic hydroxyl groups is 1. The summed E-state index contributed by atoms with van der Waals surface area (Å²) < 4.78 is 16.4. The second-order valence-electron chi connectivity index (χ2n) is 6.11. The third kappa shape index (κ3) is 5.14. The van der Waals surface area contributed by atoms with E-state index in [0.717, 1.165) is 4.88 Å². The Morgan fingerprint density at radius 3 is 2.72 bits per heavy atom. The van der Waals surface area contributed by atoms with E-state index in [1.54, 1.807) is 29.5 Å². The average Bonchev–Trinajstić information content (AvgIpc) is 3.18. The number of allylic oxidation sites excluding steroid dienone is 1. The van der Waals surface area contributed by atoms with Crippen molar-refractivity contribution in [3.63, 3.8) is 0 Å². The molecular weight excluding hydrogens is 392 g/mol. The van der Waals surface area contributed by atoms with Crippen molar-refractivity contribution in [1.29, 1.82) is 0 Å². The summed E-state index contributed by atoms with van der Waals surface area (Å²) in [5.41, 5.74) is -0.585. The summed E-state index contributed by atoms with van der Waals surface area (Å²) in [4.78, 5) is 25.3. The molecule has 150 valence electrons. The highest BCUT2D eigenvalue weighted by atomic mass is 32.1. The van der Waals surface area contributed by atoms with Gasteiger partial charge in [0.05, 0.1) is 6.61 Å². The number of hydrogen-bond acceptors (Lipinski definition) is 7. The molecule has 1 N–H and O–H groups in total. The molecule has 0 saturated carbocycles. The Bertz CT molecular complexity index is 1080. The third-order valence-corrected chi connectivity index (χ3v) is 4.80. The Hall–Kier alpha value is -3.32. The van der Waals surface area contributed by atoms with Crippen molar-refractivity contribution in [3.05, 3.63) is 80.0 Å². The van der Waals surface area contributed by atoms with E-state index in [4.69, 9.17) is 13.9 Å². The summed E-state index contributed by atoms with van der Waals surface area (Å²) in [5, 5.41) is 11.9. The second-order valence-corrected chi connectivity index (χ2v) is 7.14. The van der Waals surface area contributed by atoms with Gasteiger partial charge in [0, 0.05) is 10.9 Å². The van der Waals surface area contributed by atoms with Crippen molar-refractivity contribution in [3.8, 4) is 17.2 Å². The minimum atomic E-state index is -0.871. The number of carbonyl (C=O) groups is 1. The predicted molar refractivity (Wildman–Crippen MR) is 111 cm³/mol. The molecule has 0 aliphatic heterocycles. The Morgan fingerprint density at radius 1 is 1.21 bits per heavy atom. The molecule has 1 aromatic carbocycles. The Labute approximate surface area is 171 Å². The van der Waals surface area contributed by atoms with Gasteiger partial charge < -0.3 is 19.0 Å². The number of aryl methyl sites for hydroxylation is 1. The molecule has 0 saturated heterocycles. The average molecular weight is 412 g/mol. The quantitative estimate of drug-likeness (QED) is 0.430. The lowest BCUT2D eigenvalue weighted by Gasteiger charge is -2.12. The summed E-state index contributed by atoms with van der Waals surface area (Å²) in [7, 11) is 0. The van der Waals surface area contributed by atoms with Crippen LogP contribution in [0.4, 0.5) is 0 Å². The normalized spacial score (nSPS) is 11.0. The van der Waals surface area contributed by atoms with Crippen molar-refractivity contribution in [1.82, 2.24) is 0 Å². The maximum Gasteiger partial charge on any atom is 0.351 e. The predicted octanol–water partition coefficient (Wildman–Crippen LogP) is 4.59. The highest BCUT2D eigenvalue weighted by molar-refractivity contribution is 7.09. The summed E-state index contributed by atoms with van der Waals surface area (Å²) in [5.74, 6) is 0.331. The molecule has 0 aliphatic rings. The van der Waals surface area contributed by atoms with E-state index in [1.807, 2.05) is 24.4 Å². The van der Waals surface area contributed by atoms with Gasteiger partial charge in [0.2, 0.25) is 0 Å². The van der Waals surface area contributed by atoms with Gasteiger partial charge in [-0.05, 0) is 49.1 Å². The molecule has 0 unspecified atom stereocenters. The maximum absolute atomic E-state index is 12.3. The Balaban J connectivity index is 1.79. The SMILES string of the molecule is CCOc1cc(/C=C/C(=O)c2c(O)cc(C)oc2=O)ccc1OCc1cccs1. The van der Waals surface area contributed by atoms with E-state index >= 15 is 0 Å². The zero-order chi connectivity index (χ0) is 20.8. The lowest BCUT2D eigenvalue weighted by atomic mass is 10.1. The number of benzene rings is 1. The lowest BCUT2D eigenvalue weighted by Crippen LogP contribution is -2.12. The van der Waals surface area contributed by atoms with Crippen LogP contribution in [0.3, 0.4) is 0 Å². The smallest absolute Gasteiger partial charge is 0.351 e. The fraction of sp³-hybridized carbons (Fsp3) is 0.182.